The van der Waals surface area contributed by atoms with E-state index in [4.69, 9.17) is 10.00 Å². The van der Waals surface area contributed by atoms with Gasteiger partial charge in [0.25, 0.3) is 0 Å². The van der Waals surface area contributed by atoms with Gasteiger partial charge in [-0.1, -0.05) is 0 Å². The van der Waals surface area contributed by atoms with Crippen molar-refractivity contribution in [3.05, 3.63) is 65.2 Å². The van der Waals surface area contributed by atoms with Crippen LogP contribution in [0.4, 0.5) is 8.78 Å². The van der Waals surface area contributed by atoms with Crippen LogP contribution in [0, 0.1) is 23.0 Å². The Morgan fingerprint density at radius 1 is 1.19 bits per heavy atom. The normalized spacial score (nSPS) is 11.5. The molecule has 0 bridgehead atoms. The molecule has 0 amide bonds. The lowest BCUT2D eigenvalue weighted by Crippen LogP contribution is -2.24. The molecule has 3 nitrogen and oxygen atoms in total. The molecule has 0 saturated heterocycles. The average molecular weight is 287 g/mol. The van der Waals surface area contributed by atoms with Crippen LogP contribution < -0.4 is 4.74 Å². The number of carbonyl (C=O) groups excluding carboxylic acids is 1. The zero-order chi connectivity index (χ0) is 15.4. The topological polar surface area (TPSA) is 50.1 Å². The first-order valence-electron chi connectivity index (χ1n) is 6.17. The van der Waals surface area contributed by atoms with E-state index < -0.39 is 23.5 Å². The van der Waals surface area contributed by atoms with Crippen molar-refractivity contribution in [3.63, 3.8) is 0 Å². The Labute approximate surface area is 120 Å². The SMILES string of the molecule is CC(Oc1ccc(C#N)cc1F)C(=O)c1ccc(F)cc1. The van der Waals surface area contributed by atoms with Crippen molar-refractivity contribution in [2.75, 3.05) is 0 Å². The van der Waals surface area contributed by atoms with Gasteiger partial charge in [-0.15, -0.1) is 0 Å². The first-order chi connectivity index (χ1) is 10.0. The highest BCUT2D eigenvalue weighted by atomic mass is 19.1. The minimum atomic E-state index is -0.933. The number of rotatable bonds is 4. The molecule has 0 N–H and O–H groups in total. The number of ketones is 1. The third-order valence-corrected chi connectivity index (χ3v) is 2.86. The van der Waals surface area contributed by atoms with Crippen LogP contribution >= 0.6 is 0 Å². The first-order valence-corrected chi connectivity index (χ1v) is 6.17. The molecule has 0 heterocycles. The standard InChI is InChI=1S/C16H11F2NO2/c1-10(16(20)12-3-5-13(17)6-4-12)21-15-7-2-11(9-19)8-14(15)18/h2-8,10H,1H3. The number of hydrogen-bond acceptors (Lipinski definition) is 3. The number of ether oxygens (including phenoxy) is 1. The lowest BCUT2D eigenvalue weighted by molar-refractivity contribution is 0.0812. The molecule has 5 heteroatoms. The second-order valence-electron chi connectivity index (χ2n) is 4.39. The Kier molecular flexibility index (Phi) is 4.29. The maximum absolute atomic E-state index is 13.7. The molecule has 1 unspecified atom stereocenters. The largest absolute Gasteiger partial charge is 0.479 e. The van der Waals surface area contributed by atoms with Crippen molar-refractivity contribution in [1.82, 2.24) is 0 Å². The Bertz CT molecular complexity index is 705. The van der Waals surface area contributed by atoms with Crippen molar-refractivity contribution >= 4 is 5.78 Å². The van der Waals surface area contributed by atoms with Crippen LogP contribution in [0.15, 0.2) is 42.5 Å². The smallest absolute Gasteiger partial charge is 0.202 e. The molecule has 1 atom stereocenters. The summed E-state index contributed by atoms with van der Waals surface area (Å²) >= 11 is 0. The van der Waals surface area contributed by atoms with Gasteiger partial charge in [0.15, 0.2) is 17.7 Å². The highest BCUT2D eigenvalue weighted by Crippen LogP contribution is 2.20. The minimum Gasteiger partial charge on any atom is -0.479 e. The van der Waals surface area contributed by atoms with Crippen LogP contribution in [0.2, 0.25) is 0 Å². The third-order valence-electron chi connectivity index (χ3n) is 2.86. The van der Waals surface area contributed by atoms with Gasteiger partial charge in [-0.3, -0.25) is 4.79 Å². The Morgan fingerprint density at radius 3 is 2.43 bits per heavy atom. The molecule has 0 saturated carbocycles. The van der Waals surface area contributed by atoms with Crippen molar-refractivity contribution in [2.24, 2.45) is 0 Å². The summed E-state index contributed by atoms with van der Waals surface area (Å²) < 4.78 is 31.7. The molecular formula is C16H11F2NO2. The second-order valence-corrected chi connectivity index (χ2v) is 4.39. The van der Waals surface area contributed by atoms with E-state index >= 15 is 0 Å². The summed E-state index contributed by atoms with van der Waals surface area (Å²) in [5.74, 6) is -1.67. The molecule has 0 spiro atoms. The molecule has 2 rings (SSSR count). The third kappa shape index (κ3) is 3.42. The number of benzene rings is 2. The summed E-state index contributed by atoms with van der Waals surface area (Å²) in [7, 11) is 0. The van der Waals surface area contributed by atoms with E-state index in [2.05, 4.69) is 0 Å². The van der Waals surface area contributed by atoms with Crippen LogP contribution in [-0.2, 0) is 0 Å². The van der Waals surface area contributed by atoms with Gasteiger partial charge in [0, 0.05) is 5.56 Å². The van der Waals surface area contributed by atoms with E-state index in [0.29, 0.717) is 0 Å². The molecule has 0 aromatic heterocycles. The molecule has 0 aliphatic heterocycles. The van der Waals surface area contributed by atoms with Crippen LogP contribution in [0.25, 0.3) is 0 Å². The number of Topliss-reactive ketones (excluding diaryl/α,β-unsaturated/α-hetero) is 1. The maximum Gasteiger partial charge on any atom is 0.202 e. The van der Waals surface area contributed by atoms with Crippen LogP contribution in [0.3, 0.4) is 0 Å². The molecule has 2 aromatic rings. The monoisotopic (exact) mass is 287 g/mol. The van der Waals surface area contributed by atoms with Crippen LogP contribution in [0.1, 0.15) is 22.8 Å². The van der Waals surface area contributed by atoms with Gasteiger partial charge in [0.05, 0.1) is 11.6 Å². The van der Waals surface area contributed by atoms with Gasteiger partial charge < -0.3 is 4.74 Å². The molecular weight excluding hydrogens is 276 g/mol. The molecule has 0 fully saturated rings. The number of nitrogens with zero attached hydrogens (tertiary/aromatic N) is 1. The fraction of sp³-hybridized carbons (Fsp3) is 0.125. The van der Waals surface area contributed by atoms with E-state index in [1.54, 1.807) is 6.07 Å². The Morgan fingerprint density at radius 2 is 1.86 bits per heavy atom. The second kappa shape index (κ2) is 6.14. The van der Waals surface area contributed by atoms with E-state index in [1.807, 2.05) is 0 Å². The zero-order valence-electron chi connectivity index (χ0n) is 11.1. The predicted octanol–water partition coefficient (Wildman–Crippen LogP) is 3.49. The maximum atomic E-state index is 13.7. The van der Waals surface area contributed by atoms with Crippen LogP contribution in [0.5, 0.6) is 5.75 Å². The molecule has 21 heavy (non-hydrogen) atoms. The quantitative estimate of drug-likeness (QED) is 0.809. The van der Waals surface area contributed by atoms with Gasteiger partial charge in [0.1, 0.15) is 5.82 Å². The fourth-order valence-electron chi connectivity index (χ4n) is 1.76. The first kappa shape index (κ1) is 14.7. The van der Waals surface area contributed by atoms with Gasteiger partial charge in [-0.05, 0) is 49.4 Å². The van der Waals surface area contributed by atoms with Gasteiger partial charge >= 0.3 is 0 Å². The van der Waals surface area contributed by atoms with E-state index in [0.717, 1.165) is 6.07 Å². The van der Waals surface area contributed by atoms with E-state index in [-0.39, 0.29) is 16.9 Å². The molecule has 0 aliphatic rings. The Balaban J connectivity index is 2.14. The summed E-state index contributed by atoms with van der Waals surface area (Å²) in [5, 5.41) is 8.65. The summed E-state index contributed by atoms with van der Waals surface area (Å²) in [4.78, 5) is 12.1. The average Bonchev–Trinajstić information content (AvgIpc) is 2.49. The predicted molar refractivity (Wildman–Crippen MR) is 71.9 cm³/mol. The molecule has 2 aromatic carbocycles. The van der Waals surface area contributed by atoms with Crippen LogP contribution in [-0.4, -0.2) is 11.9 Å². The number of halogens is 2. The fourth-order valence-corrected chi connectivity index (χ4v) is 1.76. The number of nitriles is 1. The Hall–Kier alpha value is -2.74. The van der Waals surface area contributed by atoms with Gasteiger partial charge in [-0.2, -0.15) is 5.26 Å². The molecule has 106 valence electrons. The summed E-state index contributed by atoms with van der Waals surface area (Å²) in [5.41, 5.74) is 0.440. The highest BCUT2D eigenvalue weighted by molar-refractivity contribution is 5.99. The van der Waals surface area contributed by atoms with Crippen molar-refractivity contribution in [3.8, 4) is 11.8 Å². The number of carbonyl (C=O) groups is 1. The highest BCUT2D eigenvalue weighted by Gasteiger charge is 2.18. The van der Waals surface area contributed by atoms with Gasteiger partial charge in [-0.25, -0.2) is 8.78 Å². The number of hydrogen-bond donors (Lipinski definition) is 0. The minimum absolute atomic E-state index is 0.114. The lowest BCUT2D eigenvalue weighted by atomic mass is 10.1. The summed E-state index contributed by atoms with van der Waals surface area (Å²) in [6.45, 7) is 1.48. The lowest BCUT2D eigenvalue weighted by Gasteiger charge is -2.14. The summed E-state index contributed by atoms with van der Waals surface area (Å²) in [6, 6.07) is 10.5. The van der Waals surface area contributed by atoms with Crippen molar-refractivity contribution < 1.29 is 18.3 Å². The van der Waals surface area contributed by atoms with Crippen molar-refractivity contribution in [1.29, 1.82) is 5.26 Å². The van der Waals surface area contributed by atoms with E-state index in [9.17, 15) is 13.6 Å². The van der Waals surface area contributed by atoms with Crippen molar-refractivity contribution in [2.45, 2.75) is 13.0 Å². The van der Waals surface area contributed by atoms with E-state index in [1.165, 1.54) is 43.3 Å². The zero-order valence-corrected chi connectivity index (χ0v) is 11.1. The molecule has 0 aliphatic carbocycles. The summed E-state index contributed by atoms with van der Waals surface area (Å²) in [6.07, 6.45) is -0.933. The molecule has 0 radical (unpaired) electrons. The van der Waals surface area contributed by atoms with Gasteiger partial charge in [0.2, 0.25) is 5.78 Å².